The third-order valence-electron chi connectivity index (χ3n) is 5.35. The van der Waals surface area contributed by atoms with Gasteiger partial charge >= 0.3 is 0 Å². The molecule has 1 aliphatic heterocycles. The van der Waals surface area contributed by atoms with E-state index in [1.54, 1.807) is 6.07 Å². The third kappa shape index (κ3) is 3.52. The van der Waals surface area contributed by atoms with Crippen molar-refractivity contribution in [2.24, 2.45) is 0 Å². The zero-order chi connectivity index (χ0) is 18.8. The molecule has 0 aliphatic carbocycles. The number of aryl methyl sites for hydroxylation is 2. The average Bonchev–Trinajstić information content (AvgIpc) is 3.09. The SMILES string of the molecule is Cc1cc2ncc(C(=O)N3CCCCC3CCc3ccccc3)c(=O)n2[nH]1. The summed E-state index contributed by atoms with van der Waals surface area (Å²) in [5, 5.41) is 2.95. The zero-order valence-corrected chi connectivity index (χ0v) is 15.5. The normalized spacial score (nSPS) is 17.4. The topological polar surface area (TPSA) is 70.5 Å². The van der Waals surface area contributed by atoms with E-state index in [1.807, 2.05) is 30.0 Å². The summed E-state index contributed by atoms with van der Waals surface area (Å²) in [4.78, 5) is 32.1. The number of likely N-dealkylation sites (tertiary alicyclic amines) is 1. The second kappa shape index (κ2) is 7.39. The van der Waals surface area contributed by atoms with Gasteiger partial charge < -0.3 is 4.90 Å². The molecule has 3 aromatic rings. The lowest BCUT2D eigenvalue weighted by atomic mass is 9.95. The van der Waals surface area contributed by atoms with Gasteiger partial charge in [-0.05, 0) is 44.6 Å². The third-order valence-corrected chi connectivity index (χ3v) is 5.35. The van der Waals surface area contributed by atoms with Crippen LogP contribution in [0.25, 0.3) is 5.65 Å². The van der Waals surface area contributed by atoms with E-state index in [9.17, 15) is 9.59 Å². The summed E-state index contributed by atoms with van der Waals surface area (Å²) in [6.07, 6.45) is 6.35. The number of fused-ring (bicyclic) bond motifs is 1. The Hall–Kier alpha value is -2.89. The molecule has 4 rings (SSSR count). The van der Waals surface area contributed by atoms with Gasteiger partial charge in [0.25, 0.3) is 11.5 Å². The van der Waals surface area contributed by atoms with E-state index >= 15 is 0 Å². The smallest absolute Gasteiger partial charge is 0.285 e. The number of aromatic nitrogens is 3. The fourth-order valence-corrected chi connectivity index (χ4v) is 3.93. The number of nitrogens with one attached hydrogen (secondary N) is 1. The van der Waals surface area contributed by atoms with Crippen molar-refractivity contribution in [3.8, 4) is 0 Å². The first-order chi connectivity index (χ1) is 13.1. The van der Waals surface area contributed by atoms with Crippen LogP contribution in [0, 0.1) is 6.92 Å². The predicted octanol–water partition coefficient (Wildman–Crippen LogP) is 2.96. The Morgan fingerprint density at radius 1 is 1.26 bits per heavy atom. The van der Waals surface area contributed by atoms with Crippen LogP contribution in [0.3, 0.4) is 0 Å². The van der Waals surface area contributed by atoms with Crippen LogP contribution < -0.4 is 5.56 Å². The summed E-state index contributed by atoms with van der Waals surface area (Å²) in [5.41, 5.74) is 2.46. The minimum absolute atomic E-state index is 0.140. The van der Waals surface area contributed by atoms with Gasteiger partial charge in [0.1, 0.15) is 5.56 Å². The minimum Gasteiger partial charge on any atom is -0.335 e. The van der Waals surface area contributed by atoms with Crippen LogP contribution in [0.15, 0.2) is 47.4 Å². The van der Waals surface area contributed by atoms with E-state index < -0.39 is 0 Å². The van der Waals surface area contributed by atoms with Crippen molar-refractivity contribution in [3.63, 3.8) is 0 Å². The van der Waals surface area contributed by atoms with Crippen LogP contribution in [-0.2, 0) is 6.42 Å². The summed E-state index contributed by atoms with van der Waals surface area (Å²) in [7, 11) is 0. The quantitative estimate of drug-likeness (QED) is 0.774. The highest BCUT2D eigenvalue weighted by atomic mass is 16.2. The molecule has 27 heavy (non-hydrogen) atoms. The molecule has 1 unspecified atom stereocenters. The summed E-state index contributed by atoms with van der Waals surface area (Å²) in [6.45, 7) is 2.56. The molecular weight excluding hydrogens is 340 g/mol. The van der Waals surface area contributed by atoms with Crippen molar-refractivity contribution < 1.29 is 4.79 Å². The van der Waals surface area contributed by atoms with E-state index in [0.29, 0.717) is 12.2 Å². The molecule has 0 spiro atoms. The van der Waals surface area contributed by atoms with Crippen molar-refractivity contribution >= 4 is 11.6 Å². The zero-order valence-electron chi connectivity index (χ0n) is 15.5. The molecule has 2 aromatic heterocycles. The molecule has 140 valence electrons. The number of amides is 1. The predicted molar refractivity (Wildman–Crippen MR) is 104 cm³/mol. The molecular formula is C21H24N4O2. The van der Waals surface area contributed by atoms with Gasteiger partial charge in [-0.25, -0.2) is 9.50 Å². The van der Waals surface area contributed by atoms with E-state index in [-0.39, 0.29) is 23.1 Å². The van der Waals surface area contributed by atoms with Gasteiger partial charge in [0, 0.05) is 30.5 Å². The number of piperidine rings is 1. The summed E-state index contributed by atoms with van der Waals surface area (Å²) >= 11 is 0. The Labute approximate surface area is 157 Å². The number of nitrogens with zero attached hydrogens (tertiary/aromatic N) is 3. The summed E-state index contributed by atoms with van der Waals surface area (Å²) < 4.78 is 1.35. The Morgan fingerprint density at radius 2 is 2.07 bits per heavy atom. The van der Waals surface area contributed by atoms with Crippen LogP contribution in [0.1, 0.15) is 47.3 Å². The molecule has 1 aromatic carbocycles. The molecule has 1 N–H and O–H groups in total. The van der Waals surface area contributed by atoms with Crippen LogP contribution in [0.5, 0.6) is 0 Å². The molecule has 0 radical (unpaired) electrons. The number of carbonyl (C=O) groups is 1. The van der Waals surface area contributed by atoms with Gasteiger partial charge in [0.05, 0.1) is 0 Å². The molecule has 6 heteroatoms. The molecule has 0 saturated carbocycles. The van der Waals surface area contributed by atoms with E-state index in [4.69, 9.17) is 0 Å². The first-order valence-electron chi connectivity index (χ1n) is 9.56. The monoisotopic (exact) mass is 364 g/mol. The first-order valence-corrected chi connectivity index (χ1v) is 9.56. The van der Waals surface area contributed by atoms with Crippen LogP contribution in [0.2, 0.25) is 0 Å². The average molecular weight is 364 g/mol. The number of benzene rings is 1. The maximum absolute atomic E-state index is 13.2. The molecule has 1 atom stereocenters. The number of hydrogen-bond donors (Lipinski definition) is 1. The van der Waals surface area contributed by atoms with Gasteiger partial charge in [0.2, 0.25) is 0 Å². The molecule has 1 aliphatic rings. The van der Waals surface area contributed by atoms with Gasteiger partial charge in [0.15, 0.2) is 5.65 Å². The molecule has 3 heterocycles. The van der Waals surface area contributed by atoms with Crippen molar-refractivity contribution in [3.05, 3.63) is 69.8 Å². The van der Waals surface area contributed by atoms with Crippen molar-refractivity contribution in [2.75, 3.05) is 6.54 Å². The highest BCUT2D eigenvalue weighted by Crippen LogP contribution is 2.23. The second-order valence-corrected chi connectivity index (χ2v) is 7.28. The van der Waals surface area contributed by atoms with E-state index in [2.05, 4.69) is 22.2 Å². The highest BCUT2D eigenvalue weighted by Gasteiger charge is 2.29. The van der Waals surface area contributed by atoms with Crippen LogP contribution >= 0.6 is 0 Å². The second-order valence-electron chi connectivity index (χ2n) is 7.28. The van der Waals surface area contributed by atoms with Gasteiger partial charge in [-0.1, -0.05) is 30.3 Å². The van der Waals surface area contributed by atoms with Crippen LogP contribution in [-0.4, -0.2) is 38.0 Å². The number of aromatic amines is 1. The molecule has 6 nitrogen and oxygen atoms in total. The van der Waals surface area contributed by atoms with Crippen molar-refractivity contribution in [1.29, 1.82) is 0 Å². The highest BCUT2D eigenvalue weighted by molar-refractivity contribution is 5.94. The standard InChI is InChI=1S/C21H24N4O2/c1-15-13-19-22-14-18(21(27)25(19)23-15)20(26)24-12-6-5-9-17(24)11-10-16-7-3-2-4-8-16/h2-4,7-8,13-14,17,23H,5-6,9-12H2,1H3. The number of hydrogen-bond acceptors (Lipinski definition) is 3. The fraction of sp³-hybridized carbons (Fsp3) is 0.381. The van der Waals surface area contributed by atoms with Gasteiger partial charge in [-0.15, -0.1) is 0 Å². The maximum atomic E-state index is 13.2. The summed E-state index contributed by atoms with van der Waals surface area (Å²) in [5.74, 6) is -0.202. The molecule has 1 amide bonds. The van der Waals surface area contributed by atoms with E-state index in [0.717, 1.165) is 37.8 Å². The molecule has 0 bridgehead atoms. The minimum atomic E-state index is -0.328. The lowest BCUT2D eigenvalue weighted by Gasteiger charge is -2.35. The lowest BCUT2D eigenvalue weighted by Crippen LogP contribution is -2.45. The first kappa shape index (κ1) is 17.5. The Morgan fingerprint density at radius 3 is 2.89 bits per heavy atom. The maximum Gasteiger partial charge on any atom is 0.285 e. The number of carbonyl (C=O) groups excluding carboxylic acids is 1. The lowest BCUT2D eigenvalue weighted by molar-refractivity contribution is 0.0599. The number of rotatable bonds is 4. The van der Waals surface area contributed by atoms with Crippen molar-refractivity contribution in [2.45, 2.75) is 45.1 Å². The Bertz CT molecular complexity index is 1010. The largest absolute Gasteiger partial charge is 0.335 e. The summed E-state index contributed by atoms with van der Waals surface area (Å²) in [6, 6.07) is 12.3. The fourth-order valence-electron chi connectivity index (χ4n) is 3.93. The number of H-pyrrole nitrogens is 1. The van der Waals surface area contributed by atoms with Gasteiger partial charge in [-0.2, -0.15) is 0 Å². The van der Waals surface area contributed by atoms with Crippen LogP contribution in [0.4, 0.5) is 0 Å². The molecule has 1 saturated heterocycles. The van der Waals surface area contributed by atoms with E-state index in [1.165, 1.54) is 16.3 Å². The van der Waals surface area contributed by atoms with Crippen molar-refractivity contribution in [1.82, 2.24) is 19.5 Å². The Balaban J connectivity index is 1.57. The molecule has 1 fully saturated rings. The Kier molecular flexibility index (Phi) is 4.79. The van der Waals surface area contributed by atoms with Gasteiger partial charge in [-0.3, -0.25) is 14.7 Å².